The van der Waals surface area contributed by atoms with Crippen molar-refractivity contribution in [3.8, 4) is 0 Å². The quantitative estimate of drug-likeness (QED) is 0.660. The van der Waals surface area contributed by atoms with Crippen LogP contribution in [0, 0.1) is 0 Å². The first-order valence-corrected chi connectivity index (χ1v) is 5.98. The van der Waals surface area contributed by atoms with Crippen molar-refractivity contribution in [3.63, 3.8) is 0 Å². The summed E-state index contributed by atoms with van der Waals surface area (Å²) < 4.78 is 0. The molecule has 1 aromatic rings. The van der Waals surface area contributed by atoms with E-state index >= 15 is 0 Å². The standard InChI is InChI=1S/C17H18/c1-13(2)16-11-7-8-12-17(16)14(3)15-9-5-4-6-10-15/h4-9,11-12H,1,10H2,2-3H3/b15-14-. The lowest BCUT2D eigenvalue weighted by molar-refractivity contribution is 1.25. The number of hydrogen-bond acceptors (Lipinski definition) is 0. The summed E-state index contributed by atoms with van der Waals surface area (Å²) in [7, 11) is 0. The minimum atomic E-state index is 1.02. The molecule has 0 nitrogen and oxygen atoms in total. The Labute approximate surface area is 104 Å². The van der Waals surface area contributed by atoms with E-state index in [1.165, 1.54) is 22.3 Å². The number of rotatable bonds is 2. The van der Waals surface area contributed by atoms with E-state index in [2.05, 4.69) is 69.0 Å². The van der Waals surface area contributed by atoms with Gasteiger partial charge in [-0.3, -0.25) is 0 Å². The van der Waals surface area contributed by atoms with Crippen LogP contribution in [0.25, 0.3) is 11.1 Å². The molecule has 0 aromatic heterocycles. The van der Waals surface area contributed by atoms with Gasteiger partial charge in [0.15, 0.2) is 0 Å². The summed E-state index contributed by atoms with van der Waals surface area (Å²) in [4.78, 5) is 0. The summed E-state index contributed by atoms with van der Waals surface area (Å²) in [5.41, 5.74) is 6.41. The third kappa shape index (κ3) is 2.47. The van der Waals surface area contributed by atoms with Gasteiger partial charge in [-0.05, 0) is 42.5 Å². The lowest BCUT2D eigenvalue weighted by atomic mass is 9.91. The number of allylic oxidation sites excluding steroid dienone is 7. The van der Waals surface area contributed by atoms with Crippen LogP contribution in [0.3, 0.4) is 0 Å². The molecule has 17 heavy (non-hydrogen) atoms. The van der Waals surface area contributed by atoms with Crippen LogP contribution in [0.15, 0.2) is 60.7 Å². The predicted molar refractivity (Wildman–Crippen MR) is 76.6 cm³/mol. The van der Waals surface area contributed by atoms with Crippen LogP contribution in [0.2, 0.25) is 0 Å². The second-order valence-corrected chi connectivity index (χ2v) is 4.47. The minimum Gasteiger partial charge on any atom is -0.0955 e. The highest BCUT2D eigenvalue weighted by Crippen LogP contribution is 2.29. The molecule has 0 aliphatic heterocycles. The third-order valence-electron chi connectivity index (χ3n) is 3.15. The lowest BCUT2D eigenvalue weighted by Crippen LogP contribution is -1.93. The second-order valence-electron chi connectivity index (χ2n) is 4.47. The normalized spacial score (nSPS) is 17.1. The van der Waals surface area contributed by atoms with Crippen molar-refractivity contribution in [2.45, 2.75) is 20.3 Å². The Bertz CT molecular complexity index is 525. The Balaban J connectivity index is 2.50. The second kappa shape index (κ2) is 5.01. The fourth-order valence-corrected chi connectivity index (χ4v) is 2.15. The molecule has 0 radical (unpaired) electrons. The first-order chi connectivity index (χ1) is 8.20. The van der Waals surface area contributed by atoms with Gasteiger partial charge in [-0.1, -0.05) is 60.7 Å². The molecule has 0 N–H and O–H groups in total. The van der Waals surface area contributed by atoms with Gasteiger partial charge in [0, 0.05) is 0 Å². The van der Waals surface area contributed by atoms with Crippen LogP contribution in [-0.2, 0) is 0 Å². The van der Waals surface area contributed by atoms with Crippen molar-refractivity contribution in [1.29, 1.82) is 0 Å². The number of hydrogen-bond donors (Lipinski definition) is 0. The van der Waals surface area contributed by atoms with Crippen molar-refractivity contribution in [2.24, 2.45) is 0 Å². The molecular formula is C17H18. The summed E-state index contributed by atoms with van der Waals surface area (Å²) in [5, 5.41) is 0. The zero-order chi connectivity index (χ0) is 12.3. The molecular weight excluding hydrogens is 204 g/mol. The third-order valence-corrected chi connectivity index (χ3v) is 3.15. The van der Waals surface area contributed by atoms with Crippen molar-refractivity contribution in [2.75, 3.05) is 0 Å². The van der Waals surface area contributed by atoms with E-state index in [4.69, 9.17) is 0 Å². The van der Waals surface area contributed by atoms with Gasteiger partial charge in [-0.2, -0.15) is 0 Å². The van der Waals surface area contributed by atoms with E-state index in [9.17, 15) is 0 Å². The average Bonchev–Trinajstić information content (AvgIpc) is 2.39. The maximum Gasteiger partial charge on any atom is -0.00915 e. The van der Waals surface area contributed by atoms with Crippen molar-refractivity contribution < 1.29 is 0 Å². The molecule has 0 bridgehead atoms. The molecule has 0 atom stereocenters. The highest BCUT2D eigenvalue weighted by Gasteiger charge is 2.07. The molecule has 1 aromatic carbocycles. The van der Waals surface area contributed by atoms with E-state index in [1.54, 1.807) is 0 Å². The van der Waals surface area contributed by atoms with Crippen LogP contribution >= 0.6 is 0 Å². The van der Waals surface area contributed by atoms with Gasteiger partial charge in [0.1, 0.15) is 0 Å². The Morgan fingerprint density at radius 2 is 1.76 bits per heavy atom. The Morgan fingerprint density at radius 1 is 1.06 bits per heavy atom. The van der Waals surface area contributed by atoms with Crippen LogP contribution in [0.4, 0.5) is 0 Å². The van der Waals surface area contributed by atoms with Gasteiger partial charge in [0.05, 0.1) is 0 Å². The molecule has 0 amide bonds. The lowest BCUT2D eigenvalue weighted by Gasteiger charge is -2.13. The van der Waals surface area contributed by atoms with E-state index < -0.39 is 0 Å². The molecule has 86 valence electrons. The Hall–Kier alpha value is -1.82. The maximum absolute atomic E-state index is 4.06. The Kier molecular flexibility index (Phi) is 3.43. The van der Waals surface area contributed by atoms with Crippen molar-refractivity contribution in [1.82, 2.24) is 0 Å². The minimum absolute atomic E-state index is 1.02. The van der Waals surface area contributed by atoms with Crippen LogP contribution in [0.1, 0.15) is 31.4 Å². The van der Waals surface area contributed by atoms with Crippen LogP contribution < -0.4 is 0 Å². The van der Waals surface area contributed by atoms with E-state index in [1.807, 2.05) is 0 Å². The van der Waals surface area contributed by atoms with E-state index in [0.29, 0.717) is 0 Å². The first kappa shape index (κ1) is 11.7. The monoisotopic (exact) mass is 222 g/mol. The van der Waals surface area contributed by atoms with Gasteiger partial charge >= 0.3 is 0 Å². The summed E-state index contributed by atoms with van der Waals surface area (Å²) >= 11 is 0. The molecule has 2 rings (SSSR count). The molecule has 1 aliphatic carbocycles. The van der Waals surface area contributed by atoms with Gasteiger partial charge in [0.25, 0.3) is 0 Å². The first-order valence-electron chi connectivity index (χ1n) is 5.98. The molecule has 0 heterocycles. The smallest absolute Gasteiger partial charge is 0.00915 e. The zero-order valence-corrected chi connectivity index (χ0v) is 10.5. The maximum atomic E-state index is 4.06. The van der Waals surface area contributed by atoms with Crippen LogP contribution in [0.5, 0.6) is 0 Å². The number of benzene rings is 1. The molecule has 0 saturated heterocycles. The summed E-state index contributed by atoms with van der Waals surface area (Å²) in [6, 6.07) is 8.49. The topological polar surface area (TPSA) is 0 Å². The molecule has 0 heteroatoms. The summed E-state index contributed by atoms with van der Waals surface area (Å²) in [6.07, 6.45) is 9.62. The fraction of sp³-hybridized carbons (Fsp3) is 0.176. The molecule has 1 aliphatic rings. The predicted octanol–water partition coefficient (Wildman–Crippen LogP) is 5.01. The highest BCUT2D eigenvalue weighted by molar-refractivity contribution is 5.80. The highest BCUT2D eigenvalue weighted by atomic mass is 14.1. The SMILES string of the molecule is C=C(C)c1ccccc1/C(C)=C1/C=CC=CC1. The largest absolute Gasteiger partial charge is 0.0955 e. The van der Waals surface area contributed by atoms with E-state index in [-0.39, 0.29) is 0 Å². The van der Waals surface area contributed by atoms with Crippen molar-refractivity contribution in [3.05, 3.63) is 71.8 Å². The molecule has 0 spiro atoms. The fourth-order valence-electron chi connectivity index (χ4n) is 2.15. The van der Waals surface area contributed by atoms with E-state index in [0.717, 1.165) is 12.0 Å². The Morgan fingerprint density at radius 3 is 2.35 bits per heavy atom. The van der Waals surface area contributed by atoms with Gasteiger partial charge in [-0.15, -0.1) is 0 Å². The van der Waals surface area contributed by atoms with Crippen LogP contribution in [-0.4, -0.2) is 0 Å². The molecule has 0 fully saturated rings. The zero-order valence-electron chi connectivity index (χ0n) is 10.5. The molecule has 0 unspecified atom stereocenters. The molecule has 0 saturated carbocycles. The summed E-state index contributed by atoms with van der Waals surface area (Å²) in [5.74, 6) is 0. The van der Waals surface area contributed by atoms with Gasteiger partial charge in [0.2, 0.25) is 0 Å². The average molecular weight is 222 g/mol. The van der Waals surface area contributed by atoms with Gasteiger partial charge < -0.3 is 0 Å². The van der Waals surface area contributed by atoms with Crippen molar-refractivity contribution >= 4 is 11.1 Å². The van der Waals surface area contributed by atoms with Gasteiger partial charge in [-0.25, -0.2) is 0 Å². The summed E-state index contributed by atoms with van der Waals surface area (Å²) in [6.45, 7) is 8.32.